The summed E-state index contributed by atoms with van der Waals surface area (Å²) in [6, 6.07) is 4.13. The fourth-order valence-corrected chi connectivity index (χ4v) is 2.30. The highest BCUT2D eigenvalue weighted by molar-refractivity contribution is 6.32. The molecular weight excluding hydrogens is 238 g/mol. The Kier molecular flexibility index (Phi) is 5.09. The summed E-state index contributed by atoms with van der Waals surface area (Å²) in [6.07, 6.45) is 0. The Morgan fingerprint density at radius 1 is 1.18 bits per heavy atom. The van der Waals surface area contributed by atoms with E-state index < -0.39 is 0 Å². The molecule has 1 N–H and O–H groups in total. The molecular formula is C13H20ClNO2. The molecule has 1 atom stereocenters. The Hall–Kier alpha value is -0.930. The number of ether oxygens (including phenoxy) is 2. The maximum absolute atomic E-state index is 6.19. The van der Waals surface area contributed by atoms with Crippen molar-refractivity contribution in [3.63, 3.8) is 0 Å². The van der Waals surface area contributed by atoms with Gasteiger partial charge in [-0.05, 0) is 30.7 Å². The molecule has 0 radical (unpaired) electrons. The molecule has 17 heavy (non-hydrogen) atoms. The maximum atomic E-state index is 6.19. The standard InChI is InChI=1S/C13H20ClNO2/c1-8(2)12(15-3)9-6-10(14)13(17-5)11(7-9)16-4/h6-8,12,15H,1-5H3. The van der Waals surface area contributed by atoms with Crippen molar-refractivity contribution in [2.75, 3.05) is 21.3 Å². The molecule has 0 saturated heterocycles. The zero-order valence-electron chi connectivity index (χ0n) is 11.0. The second kappa shape index (κ2) is 6.12. The first-order valence-electron chi connectivity index (χ1n) is 5.63. The Bertz CT molecular complexity index is 380. The monoisotopic (exact) mass is 257 g/mol. The van der Waals surface area contributed by atoms with Gasteiger partial charge in [0, 0.05) is 6.04 Å². The maximum Gasteiger partial charge on any atom is 0.179 e. The summed E-state index contributed by atoms with van der Waals surface area (Å²) in [4.78, 5) is 0. The smallest absolute Gasteiger partial charge is 0.179 e. The Morgan fingerprint density at radius 2 is 1.82 bits per heavy atom. The van der Waals surface area contributed by atoms with Gasteiger partial charge in [-0.25, -0.2) is 0 Å². The van der Waals surface area contributed by atoms with Gasteiger partial charge in [-0.1, -0.05) is 25.4 Å². The minimum atomic E-state index is 0.243. The molecule has 0 heterocycles. The van der Waals surface area contributed by atoms with Gasteiger partial charge in [-0.3, -0.25) is 0 Å². The van der Waals surface area contributed by atoms with Crippen LogP contribution in [0.5, 0.6) is 11.5 Å². The second-order valence-electron chi connectivity index (χ2n) is 4.25. The Balaban J connectivity index is 3.23. The number of hydrogen-bond donors (Lipinski definition) is 1. The van der Waals surface area contributed by atoms with Crippen molar-refractivity contribution >= 4 is 11.6 Å². The van der Waals surface area contributed by atoms with Gasteiger partial charge in [0.1, 0.15) is 0 Å². The molecule has 1 aromatic rings. The number of rotatable bonds is 5. The van der Waals surface area contributed by atoms with E-state index in [1.54, 1.807) is 14.2 Å². The van der Waals surface area contributed by atoms with E-state index in [1.165, 1.54) is 0 Å². The van der Waals surface area contributed by atoms with Gasteiger partial charge in [0.15, 0.2) is 11.5 Å². The third-order valence-corrected chi connectivity index (χ3v) is 3.07. The lowest BCUT2D eigenvalue weighted by Gasteiger charge is -2.22. The highest BCUT2D eigenvalue weighted by Gasteiger charge is 2.18. The van der Waals surface area contributed by atoms with Crippen LogP contribution in [-0.2, 0) is 0 Å². The normalized spacial score (nSPS) is 12.6. The molecule has 0 saturated carbocycles. The summed E-state index contributed by atoms with van der Waals surface area (Å²) >= 11 is 6.19. The topological polar surface area (TPSA) is 30.5 Å². The van der Waals surface area contributed by atoms with Crippen LogP contribution in [-0.4, -0.2) is 21.3 Å². The van der Waals surface area contributed by atoms with Crippen molar-refractivity contribution in [1.82, 2.24) is 5.32 Å². The SMILES string of the molecule is CNC(c1cc(Cl)c(OC)c(OC)c1)C(C)C. The molecule has 0 bridgehead atoms. The minimum Gasteiger partial charge on any atom is -0.493 e. The van der Waals surface area contributed by atoms with Gasteiger partial charge in [0.25, 0.3) is 0 Å². The first-order chi connectivity index (χ1) is 8.04. The molecule has 1 unspecified atom stereocenters. The quantitative estimate of drug-likeness (QED) is 0.878. The third kappa shape index (κ3) is 3.05. The lowest BCUT2D eigenvalue weighted by Crippen LogP contribution is -2.21. The highest BCUT2D eigenvalue weighted by atomic mass is 35.5. The predicted molar refractivity (Wildman–Crippen MR) is 71.2 cm³/mol. The number of benzene rings is 1. The van der Waals surface area contributed by atoms with E-state index >= 15 is 0 Å². The van der Waals surface area contributed by atoms with Crippen LogP contribution in [0.15, 0.2) is 12.1 Å². The number of halogens is 1. The van der Waals surface area contributed by atoms with E-state index in [-0.39, 0.29) is 6.04 Å². The van der Waals surface area contributed by atoms with Crippen molar-refractivity contribution in [1.29, 1.82) is 0 Å². The summed E-state index contributed by atoms with van der Waals surface area (Å²) in [7, 11) is 5.14. The van der Waals surface area contributed by atoms with Gasteiger partial charge in [0.2, 0.25) is 0 Å². The third-order valence-electron chi connectivity index (χ3n) is 2.79. The summed E-state index contributed by atoms with van der Waals surface area (Å²) in [5.41, 5.74) is 1.10. The molecule has 1 aromatic carbocycles. The van der Waals surface area contributed by atoms with E-state index in [1.807, 2.05) is 19.2 Å². The van der Waals surface area contributed by atoms with E-state index in [0.29, 0.717) is 22.4 Å². The van der Waals surface area contributed by atoms with Crippen LogP contribution in [0.3, 0.4) is 0 Å². The molecule has 4 heteroatoms. The molecule has 0 spiro atoms. The van der Waals surface area contributed by atoms with Crippen LogP contribution in [0, 0.1) is 5.92 Å². The fourth-order valence-electron chi connectivity index (χ4n) is 2.00. The van der Waals surface area contributed by atoms with Crippen LogP contribution in [0.2, 0.25) is 5.02 Å². The van der Waals surface area contributed by atoms with Gasteiger partial charge >= 0.3 is 0 Å². The summed E-state index contributed by atoms with van der Waals surface area (Å²) in [5, 5.41) is 3.85. The summed E-state index contributed by atoms with van der Waals surface area (Å²) in [6.45, 7) is 4.32. The highest BCUT2D eigenvalue weighted by Crippen LogP contribution is 2.38. The first kappa shape index (κ1) is 14.1. The van der Waals surface area contributed by atoms with Crippen LogP contribution >= 0.6 is 11.6 Å². The van der Waals surface area contributed by atoms with Gasteiger partial charge < -0.3 is 14.8 Å². The Labute approximate surface area is 108 Å². The molecule has 0 aliphatic carbocycles. The van der Waals surface area contributed by atoms with Crippen LogP contribution in [0.4, 0.5) is 0 Å². The zero-order chi connectivity index (χ0) is 13.0. The van der Waals surface area contributed by atoms with Crippen LogP contribution in [0.25, 0.3) is 0 Å². The summed E-state index contributed by atoms with van der Waals surface area (Å²) < 4.78 is 10.5. The Morgan fingerprint density at radius 3 is 2.24 bits per heavy atom. The number of nitrogens with one attached hydrogen (secondary N) is 1. The van der Waals surface area contributed by atoms with Crippen LogP contribution < -0.4 is 14.8 Å². The van der Waals surface area contributed by atoms with Crippen molar-refractivity contribution in [3.05, 3.63) is 22.7 Å². The van der Waals surface area contributed by atoms with E-state index in [9.17, 15) is 0 Å². The predicted octanol–water partition coefficient (Wildman–Crippen LogP) is 3.27. The molecule has 3 nitrogen and oxygen atoms in total. The van der Waals surface area contributed by atoms with Crippen LogP contribution in [0.1, 0.15) is 25.5 Å². The molecule has 0 aromatic heterocycles. The number of methoxy groups -OCH3 is 2. The van der Waals surface area contributed by atoms with E-state index in [0.717, 1.165) is 5.56 Å². The summed E-state index contributed by atoms with van der Waals surface area (Å²) in [5.74, 6) is 1.71. The number of hydrogen-bond acceptors (Lipinski definition) is 3. The lowest BCUT2D eigenvalue weighted by atomic mass is 9.96. The fraction of sp³-hybridized carbons (Fsp3) is 0.538. The van der Waals surface area contributed by atoms with Gasteiger partial charge in [-0.2, -0.15) is 0 Å². The largest absolute Gasteiger partial charge is 0.493 e. The second-order valence-corrected chi connectivity index (χ2v) is 4.66. The van der Waals surface area contributed by atoms with Gasteiger partial charge in [0.05, 0.1) is 19.2 Å². The minimum absolute atomic E-state index is 0.243. The lowest BCUT2D eigenvalue weighted by molar-refractivity contribution is 0.353. The van der Waals surface area contributed by atoms with Crippen molar-refractivity contribution in [3.8, 4) is 11.5 Å². The molecule has 0 fully saturated rings. The molecule has 1 rings (SSSR count). The average molecular weight is 258 g/mol. The molecule has 0 aliphatic rings. The molecule has 0 amide bonds. The van der Waals surface area contributed by atoms with Gasteiger partial charge in [-0.15, -0.1) is 0 Å². The van der Waals surface area contributed by atoms with Crippen molar-refractivity contribution < 1.29 is 9.47 Å². The van der Waals surface area contributed by atoms with E-state index in [4.69, 9.17) is 21.1 Å². The van der Waals surface area contributed by atoms with E-state index in [2.05, 4.69) is 19.2 Å². The average Bonchev–Trinajstić information content (AvgIpc) is 2.28. The van der Waals surface area contributed by atoms with Crippen molar-refractivity contribution in [2.24, 2.45) is 5.92 Å². The zero-order valence-corrected chi connectivity index (χ0v) is 11.8. The molecule has 96 valence electrons. The molecule has 0 aliphatic heterocycles. The van der Waals surface area contributed by atoms with Crippen molar-refractivity contribution in [2.45, 2.75) is 19.9 Å². The first-order valence-corrected chi connectivity index (χ1v) is 6.01.